The minimum atomic E-state index is -0.505. The highest BCUT2D eigenvalue weighted by Crippen LogP contribution is 2.18. The van der Waals surface area contributed by atoms with Crippen molar-refractivity contribution >= 4 is 35.1 Å². The summed E-state index contributed by atoms with van der Waals surface area (Å²) in [7, 11) is 0. The van der Waals surface area contributed by atoms with E-state index >= 15 is 0 Å². The quantitative estimate of drug-likeness (QED) is 0.508. The molecule has 0 unspecified atom stereocenters. The van der Waals surface area contributed by atoms with E-state index in [2.05, 4.69) is 10.3 Å². The molecule has 0 saturated carbocycles. The van der Waals surface area contributed by atoms with E-state index in [4.69, 9.17) is 11.6 Å². The van der Waals surface area contributed by atoms with Crippen LogP contribution in [0.1, 0.15) is 0 Å². The number of rotatable bonds is 2. The van der Waals surface area contributed by atoms with Gasteiger partial charge in [-0.05, 0) is 30.5 Å². The van der Waals surface area contributed by atoms with Crippen molar-refractivity contribution in [3.63, 3.8) is 0 Å². The number of amides is 2. The van der Waals surface area contributed by atoms with Crippen LogP contribution in [0.15, 0.2) is 52.5 Å². The minimum Gasteiger partial charge on any atom is -0.428 e. The second-order valence-corrected chi connectivity index (χ2v) is 5.09. The van der Waals surface area contributed by atoms with Crippen molar-refractivity contribution in [2.75, 3.05) is 11.6 Å². The summed E-state index contributed by atoms with van der Waals surface area (Å²) in [6, 6.07) is 9.81. The lowest BCUT2D eigenvalue weighted by Crippen LogP contribution is -2.13. The number of pyridine rings is 1. The number of nitrogens with one attached hydrogen (secondary N) is 1. The van der Waals surface area contributed by atoms with E-state index in [1.165, 1.54) is 18.3 Å². The summed E-state index contributed by atoms with van der Waals surface area (Å²) in [6.45, 7) is 0. The Morgan fingerprint density at radius 1 is 1.40 bits per heavy atom. The van der Waals surface area contributed by atoms with E-state index in [0.717, 1.165) is 9.63 Å². The van der Waals surface area contributed by atoms with E-state index in [1.807, 2.05) is 24.5 Å². The summed E-state index contributed by atoms with van der Waals surface area (Å²) >= 11 is 7.30. The van der Waals surface area contributed by atoms with E-state index in [9.17, 15) is 10.0 Å². The van der Waals surface area contributed by atoms with Crippen molar-refractivity contribution in [2.24, 2.45) is 4.99 Å². The van der Waals surface area contributed by atoms with Crippen LogP contribution in [0.25, 0.3) is 0 Å². The monoisotopic (exact) mass is 309 g/mol. The fourth-order valence-electron chi connectivity index (χ4n) is 1.49. The normalized spacial score (nSPS) is 11.4. The van der Waals surface area contributed by atoms with Crippen LogP contribution in [-0.4, -0.2) is 22.2 Å². The molecule has 1 heterocycles. The third-order valence-electron chi connectivity index (χ3n) is 2.42. The lowest BCUT2D eigenvalue weighted by atomic mass is 10.3. The van der Waals surface area contributed by atoms with Crippen LogP contribution in [0.4, 0.5) is 10.5 Å². The van der Waals surface area contributed by atoms with Crippen molar-refractivity contribution in [2.45, 2.75) is 4.90 Å². The van der Waals surface area contributed by atoms with Gasteiger partial charge in [0.25, 0.3) is 0 Å². The molecule has 0 atom stereocenters. The Kier molecular flexibility index (Phi) is 4.70. The summed E-state index contributed by atoms with van der Waals surface area (Å²) in [5.74, 6) is 0. The Balaban J connectivity index is 2.17. The van der Waals surface area contributed by atoms with E-state index in [0.29, 0.717) is 11.0 Å². The summed E-state index contributed by atoms with van der Waals surface area (Å²) in [6.07, 6.45) is 3.27. The number of benzene rings is 1. The zero-order valence-corrected chi connectivity index (χ0v) is 12.1. The van der Waals surface area contributed by atoms with Gasteiger partial charge >= 0.3 is 6.03 Å². The van der Waals surface area contributed by atoms with Crippen molar-refractivity contribution in [1.82, 2.24) is 4.73 Å². The predicted octanol–water partition coefficient (Wildman–Crippen LogP) is 3.23. The van der Waals surface area contributed by atoms with Crippen molar-refractivity contribution < 1.29 is 10.0 Å². The Morgan fingerprint density at radius 3 is 2.90 bits per heavy atom. The summed E-state index contributed by atoms with van der Waals surface area (Å²) in [5.41, 5.74) is 0.671. The van der Waals surface area contributed by atoms with Crippen molar-refractivity contribution in [1.29, 1.82) is 0 Å². The molecule has 0 aliphatic rings. The van der Waals surface area contributed by atoms with Gasteiger partial charge in [0.05, 0.1) is 5.36 Å². The number of hydrogen-bond donors (Lipinski definition) is 2. The van der Waals surface area contributed by atoms with E-state index < -0.39 is 6.03 Å². The second-order valence-electron chi connectivity index (χ2n) is 3.83. The molecule has 104 valence electrons. The maximum atomic E-state index is 11.8. The molecule has 2 amide bonds. The number of anilines is 1. The van der Waals surface area contributed by atoms with Crippen LogP contribution in [0.5, 0.6) is 0 Å². The lowest BCUT2D eigenvalue weighted by Gasteiger charge is -2.03. The van der Waals surface area contributed by atoms with Gasteiger partial charge in [-0.15, -0.1) is 11.8 Å². The fraction of sp³-hybridized carbons (Fsp3) is 0.0769. The van der Waals surface area contributed by atoms with Crippen LogP contribution >= 0.6 is 23.4 Å². The van der Waals surface area contributed by atoms with Crippen molar-refractivity contribution in [3.05, 3.63) is 53.1 Å². The highest BCUT2D eigenvalue weighted by Gasteiger charge is 2.01. The van der Waals surface area contributed by atoms with Crippen LogP contribution in [0, 0.1) is 0 Å². The molecular formula is C13H12ClN3O2S. The smallest absolute Gasteiger partial charge is 0.345 e. The zero-order valence-electron chi connectivity index (χ0n) is 10.6. The molecule has 0 aliphatic heterocycles. The number of aromatic nitrogens is 1. The third kappa shape index (κ3) is 3.79. The standard InChI is InChI=1S/C13H12ClN3O2S/c1-20-11-4-2-3-9(7-11)15-13(18)16-10-5-6-17(19)12(14)8-10/h2-8,19H,1H3,(H,15,18)/b16-10-. The molecule has 0 bridgehead atoms. The van der Waals surface area contributed by atoms with Crippen LogP contribution in [0.2, 0.25) is 5.15 Å². The number of thioether (sulfide) groups is 1. The predicted molar refractivity (Wildman–Crippen MR) is 79.4 cm³/mol. The summed E-state index contributed by atoms with van der Waals surface area (Å²) < 4.78 is 0.737. The van der Waals surface area contributed by atoms with E-state index in [1.54, 1.807) is 17.8 Å². The Morgan fingerprint density at radius 2 is 2.20 bits per heavy atom. The largest absolute Gasteiger partial charge is 0.428 e. The Bertz CT molecular complexity index is 700. The first kappa shape index (κ1) is 14.5. The molecule has 2 N–H and O–H groups in total. The number of carbonyl (C=O) groups is 1. The molecule has 1 aromatic heterocycles. The second kappa shape index (κ2) is 6.49. The van der Waals surface area contributed by atoms with Gasteiger partial charge in [-0.1, -0.05) is 17.7 Å². The number of halogens is 1. The molecule has 7 heteroatoms. The maximum absolute atomic E-state index is 11.8. The SMILES string of the molecule is CSc1cccc(NC(=O)/N=c2/ccn(O)c(Cl)c2)c1. The first-order valence-corrected chi connectivity index (χ1v) is 7.26. The zero-order chi connectivity index (χ0) is 14.5. The third-order valence-corrected chi connectivity index (χ3v) is 3.43. The minimum absolute atomic E-state index is 0.0726. The highest BCUT2D eigenvalue weighted by molar-refractivity contribution is 7.98. The van der Waals surface area contributed by atoms with Crippen LogP contribution in [0.3, 0.4) is 0 Å². The molecule has 1 aromatic carbocycles. The Hall–Kier alpha value is -1.92. The fourth-order valence-corrected chi connectivity index (χ4v) is 2.12. The number of nitrogens with zero attached hydrogens (tertiary/aromatic N) is 2. The Labute approximate surface area is 124 Å². The average Bonchev–Trinajstić information content (AvgIpc) is 2.43. The van der Waals surface area contributed by atoms with Gasteiger partial charge in [0.2, 0.25) is 0 Å². The van der Waals surface area contributed by atoms with E-state index in [-0.39, 0.29) is 5.15 Å². The van der Waals surface area contributed by atoms with Gasteiger partial charge in [0.1, 0.15) is 5.15 Å². The maximum Gasteiger partial charge on any atom is 0.345 e. The van der Waals surface area contributed by atoms with Crippen LogP contribution in [-0.2, 0) is 0 Å². The summed E-state index contributed by atoms with van der Waals surface area (Å²) in [4.78, 5) is 16.7. The molecule has 20 heavy (non-hydrogen) atoms. The number of carbonyl (C=O) groups excluding carboxylic acids is 1. The molecule has 2 aromatic rings. The van der Waals surface area contributed by atoms with Crippen LogP contribution < -0.4 is 10.7 Å². The highest BCUT2D eigenvalue weighted by atomic mass is 35.5. The molecule has 0 spiro atoms. The van der Waals surface area contributed by atoms with Crippen molar-refractivity contribution in [3.8, 4) is 0 Å². The van der Waals surface area contributed by atoms with Gasteiger partial charge in [0.15, 0.2) is 0 Å². The molecular weight excluding hydrogens is 298 g/mol. The summed E-state index contributed by atoms with van der Waals surface area (Å²) in [5, 5.41) is 12.3. The lowest BCUT2D eigenvalue weighted by molar-refractivity contribution is 0.185. The molecule has 2 rings (SSSR count). The molecule has 0 radical (unpaired) electrons. The molecule has 0 fully saturated rings. The van der Waals surface area contributed by atoms with Gasteiger partial charge in [-0.25, -0.2) is 4.79 Å². The number of hydrogen-bond acceptors (Lipinski definition) is 3. The van der Waals surface area contributed by atoms with Gasteiger partial charge in [-0.2, -0.15) is 9.72 Å². The first-order chi connectivity index (χ1) is 9.58. The molecule has 0 saturated heterocycles. The molecule has 5 nitrogen and oxygen atoms in total. The topological polar surface area (TPSA) is 66.6 Å². The van der Waals surface area contributed by atoms with Gasteiger partial charge in [-0.3, -0.25) is 0 Å². The first-order valence-electron chi connectivity index (χ1n) is 5.66. The molecule has 0 aliphatic carbocycles. The van der Waals surface area contributed by atoms with Gasteiger partial charge in [0, 0.05) is 22.8 Å². The average molecular weight is 310 g/mol. The van der Waals surface area contributed by atoms with Gasteiger partial charge < -0.3 is 10.5 Å². The number of urea groups is 1.